The summed E-state index contributed by atoms with van der Waals surface area (Å²) in [6.45, 7) is 7.09. The number of hydrogen-bond donors (Lipinski definition) is 2. The van der Waals surface area contributed by atoms with Gasteiger partial charge in [0.2, 0.25) is 0 Å². The van der Waals surface area contributed by atoms with Crippen molar-refractivity contribution >= 4 is 29.9 Å². The van der Waals surface area contributed by atoms with E-state index in [1.165, 1.54) is 0 Å². The first-order chi connectivity index (χ1) is 14.3. The van der Waals surface area contributed by atoms with Crippen molar-refractivity contribution in [2.75, 3.05) is 53.0 Å². The van der Waals surface area contributed by atoms with Gasteiger partial charge in [0.25, 0.3) is 0 Å². The number of guanidine groups is 1. The van der Waals surface area contributed by atoms with Crippen molar-refractivity contribution in [1.82, 2.24) is 15.5 Å². The minimum atomic E-state index is 0. The van der Waals surface area contributed by atoms with E-state index in [1.807, 2.05) is 36.4 Å². The number of methoxy groups -OCH3 is 1. The second-order valence-electron chi connectivity index (χ2n) is 7.00. The maximum atomic E-state index is 5.41. The number of furan rings is 1. The van der Waals surface area contributed by atoms with Gasteiger partial charge in [0.1, 0.15) is 11.5 Å². The highest BCUT2D eigenvalue weighted by atomic mass is 127. The van der Waals surface area contributed by atoms with Crippen LogP contribution in [0.15, 0.2) is 52.1 Å². The number of rotatable bonds is 10. The Bertz CT molecular complexity index is 716. The van der Waals surface area contributed by atoms with Crippen LogP contribution in [0.2, 0.25) is 0 Å². The molecule has 2 heterocycles. The van der Waals surface area contributed by atoms with Crippen molar-refractivity contribution in [2.24, 2.45) is 4.99 Å². The van der Waals surface area contributed by atoms with E-state index in [0.717, 1.165) is 81.8 Å². The molecule has 0 spiro atoms. The second-order valence-corrected chi connectivity index (χ2v) is 7.00. The van der Waals surface area contributed by atoms with E-state index in [4.69, 9.17) is 18.9 Å². The molecular weight excluding hydrogens is 495 g/mol. The van der Waals surface area contributed by atoms with Gasteiger partial charge in [-0.25, -0.2) is 4.99 Å². The first kappa shape index (κ1) is 24.5. The highest BCUT2D eigenvalue weighted by Gasteiger charge is 2.09. The number of halogens is 1. The first-order valence-electron chi connectivity index (χ1n) is 10.3. The van der Waals surface area contributed by atoms with Crippen LogP contribution in [0.3, 0.4) is 0 Å². The number of aliphatic imine (C=N–C) groups is 1. The molecule has 1 aliphatic heterocycles. The summed E-state index contributed by atoms with van der Waals surface area (Å²) in [6.07, 6.45) is 3.60. The molecule has 0 atom stereocenters. The normalized spacial score (nSPS) is 14.8. The fourth-order valence-corrected chi connectivity index (χ4v) is 3.17. The summed E-state index contributed by atoms with van der Waals surface area (Å²) in [5.41, 5.74) is 1.14. The van der Waals surface area contributed by atoms with Crippen LogP contribution in [0, 0.1) is 0 Å². The van der Waals surface area contributed by atoms with E-state index in [9.17, 15) is 0 Å². The van der Waals surface area contributed by atoms with E-state index >= 15 is 0 Å². The van der Waals surface area contributed by atoms with Gasteiger partial charge < -0.3 is 24.5 Å². The number of benzene rings is 1. The van der Waals surface area contributed by atoms with Gasteiger partial charge in [0.05, 0.1) is 33.1 Å². The van der Waals surface area contributed by atoms with Crippen LogP contribution in [-0.2, 0) is 17.7 Å². The SMILES string of the molecule is COc1ccc(CN=C(NCCCN2CCOCC2)NCCc2ccco2)cc1.I. The molecule has 7 nitrogen and oxygen atoms in total. The zero-order valence-electron chi connectivity index (χ0n) is 17.6. The van der Waals surface area contributed by atoms with E-state index < -0.39 is 0 Å². The van der Waals surface area contributed by atoms with Gasteiger partial charge in [-0.15, -0.1) is 24.0 Å². The van der Waals surface area contributed by atoms with Gasteiger partial charge in [-0.3, -0.25) is 4.90 Å². The lowest BCUT2D eigenvalue weighted by Crippen LogP contribution is -2.41. The van der Waals surface area contributed by atoms with Crippen LogP contribution in [0.5, 0.6) is 5.75 Å². The third-order valence-electron chi connectivity index (χ3n) is 4.87. The number of nitrogens with zero attached hydrogens (tertiary/aromatic N) is 2. The monoisotopic (exact) mass is 528 g/mol. The van der Waals surface area contributed by atoms with Crippen molar-refractivity contribution in [2.45, 2.75) is 19.4 Å². The predicted octanol–water partition coefficient (Wildman–Crippen LogP) is 2.91. The van der Waals surface area contributed by atoms with Crippen LogP contribution < -0.4 is 15.4 Å². The number of nitrogens with one attached hydrogen (secondary N) is 2. The van der Waals surface area contributed by atoms with Gasteiger partial charge in [-0.05, 0) is 42.8 Å². The Morgan fingerprint density at radius 2 is 1.87 bits per heavy atom. The summed E-state index contributed by atoms with van der Waals surface area (Å²) in [5, 5.41) is 6.87. The van der Waals surface area contributed by atoms with Gasteiger partial charge in [0.15, 0.2) is 5.96 Å². The largest absolute Gasteiger partial charge is 0.497 e. The average Bonchev–Trinajstić information content (AvgIpc) is 3.29. The molecule has 0 amide bonds. The smallest absolute Gasteiger partial charge is 0.191 e. The van der Waals surface area contributed by atoms with Crippen molar-refractivity contribution in [3.63, 3.8) is 0 Å². The van der Waals surface area contributed by atoms with Crippen molar-refractivity contribution in [3.05, 3.63) is 54.0 Å². The Morgan fingerprint density at radius 1 is 1.10 bits per heavy atom. The van der Waals surface area contributed by atoms with Crippen molar-refractivity contribution in [1.29, 1.82) is 0 Å². The molecule has 1 aliphatic rings. The third kappa shape index (κ3) is 8.93. The van der Waals surface area contributed by atoms with E-state index in [1.54, 1.807) is 13.4 Å². The van der Waals surface area contributed by atoms with Crippen LogP contribution in [0.25, 0.3) is 0 Å². The molecule has 0 radical (unpaired) electrons. The predicted molar refractivity (Wildman–Crippen MR) is 130 cm³/mol. The quantitative estimate of drug-likeness (QED) is 0.214. The van der Waals surface area contributed by atoms with E-state index in [2.05, 4.69) is 15.5 Å². The van der Waals surface area contributed by atoms with Crippen LogP contribution in [0.1, 0.15) is 17.7 Å². The Hall–Kier alpha value is -1.78. The summed E-state index contributed by atoms with van der Waals surface area (Å²) in [7, 11) is 1.68. The zero-order chi connectivity index (χ0) is 20.2. The molecular formula is C22H33IN4O3. The molecule has 166 valence electrons. The molecule has 1 saturated heterocycles. The molecule has 3 rings (SSSR count). The molecule has 2 aromatic rings. The van der Waals surface area contributed by atoms with Crippen molar-refractivity contribution in [3.8, 4) is 5.75 Å². The lowest BCUT2D eigenvalue weighted by atomic mass is 10.2. The molecule has 0 aliphatic carbocycles. The van der Waals surface area contributed by atoms with Crippen LogP contribution in [0.4, 0.5) is 0 Å². The van der Waals surface area contributed by atoms with Crippen molar-refractivity contribution < 1.29 is 13.9 Å². The molecule has 1 fully saturated rings. The van der Waals surface area contributed by atoms with Gasteiger partial charge >= 0.3 is 0 Å². The van der Waals surface area contributed by atoms with Gasteiger partial charge in [0, 0.05) is 32.6 Å². The summed E-state index contributed by atoms with van der Waals surface area (Å²) in [5.74, 6) is 2.66. The Balaban J connectivity index is 0.00000320. The summed E-state index contributed by atoms with van der Waals surface area (Å²) in [6, 6.07) is 11.9. The molecule has 1 aromatic heterocycles. The fraction of sp³-hybridized carbons (Fsp3) is 0.500. The lowest BCUT2D eigenvalue weighted by molar-refractivity contribution is 0.0376. The molecule has 1 aromatic carbocycles. The minimum absolute atomic E-state index is 0. The Morgan fingerprint density at radius 3 is 2.57 bits per heavy atom. The number of hydrogen-bond acceptors (Lipinski definition) is 5. The highest BCUT2D eigenvalue weighted by molar-refractivity contribution is 14.0. The summed E-state index contributed by atoms with van der Waals surface area (Å²) < 4.78 is 16.0. The van der Waals surface area contributed by atoms with Gasteiger partial charge in [-0.1, -0.05) is 12.1 Å². The first-order valence-corrected chi connectivity index (χ1v) is 10.3. The lowest BCUT2D eigenvalue weighted by Gasteiger charge is -2.26. The van der Waals surface area contributed by atoms with Crippen LogP contribution >= 0.6 is 24.0 Å². The molecule has 0 bridgehead atoms. The highest BCUT2D eigenvalue weighted by Crippen LogP contribution is 2.11. The summed E-state index contributed by atoms with van der Waals surface area (Å²) >= 11 is 0. The summed E-state index contributed by atoms with van der Waals surface area (Å²) in [4.78, 5) is 7.19. The second kappa shape index (κ2) is 14.3. The molecule has 30 heavy (non-hydrogen) atoms. The third-order valence-corrected chi connectivity index (χ3v) is 4.87. The number of ether oxygens (including phenoxy) is 2. The fourth-order valence-electron chi connectivity index (χ4n) is 3.17. The average molecular weight is 528 g/mol. The minimum Gasteiger partial charge on any atom is -0.497 e. The topological polar surface area (TPSA) is 71.3 Å². The molecule has 8 heteroatoms. The standard InChI is InChI=1S/C22H32N4O3.HI/c1-27-20-7-5-19(6-8-20)18-25-22(24-11-9-21-4-2-15-29-21)23-10-3-12-26-13-16-28-17-14-26;/h2,4-8,15H,3,9-14,16-18H2,1H3,(H2,23,24,25);1H. The van der Waals surface area contributed by atoms with Crippen LogP contribution in [-0.4, -0.2) is 63.9 Å². The Labute approximate surface area is 196 Å². The maximum absolute atomic E-state index is 5.41. The van der Waals surface area contributed by atoms with Gasteiger partial charge in [-0.2, -0.15) is 0 Å². The number of morpholine rings is 1. The Kier molecular flexibility index (Phi) is 11.6. The molecule has 0 saturated carbocycles. The van der Waals surface area contributed by atoms with E-state index in [-0.39, 0.29) is 24.0 Å². The molecule has 2 N–H and O–H groups in total. The zero-order valence-corrected chi connectivity index (χ0v) is 20.0. The molecule has 0 unspecified atom stereocenters. The van der Waals surface area contributed by atoms with E-state index in [0.29, 0.717) is 6.54 Å². The maximum Gasteiger partial charge on any atom is 0.191 e.